The predicted molar refractivity (Wildman–Crippen MR) is 114 cm³/mol. The highest BCUT2D eigenvalue weighted by Crippen LogP contribution is 2.30. The molecule has 2 N–H and O–H groups in total. The summed E-state index contributed by atoms with van der Waals surface area (Å²) in [7, 11) is 1.70. The Morgan fingerprint density at radius 2 is 2.10 bits per heavy atom. The summed E-state index contributed by atoms with van der Waals surface area (Å²) in [5.41, 5.74) is 0.883. The summed E-state index contributed by atoms with van der Waals surface area (Å²) in [6.45, 7) is 1.77. The molecular weight excluding hydrogens is 426 g/mol. The Kier molecular flexibility index (Phi) is 5.42. The standard InChI is InChI=1S/C18H17N7O3S2/c1-10(26)19-5-11-3-4-14(30-11)13-8-29-18(22-13)23-15(27)7-25-9-20-16-12(17(25)28)6-21-24(16)2/h3-4,6,8-9H,5,7H2,1-2H3,(H,19,26)(H,22,23,27). The van der Waals surface area contributed by atoms with Gasteiger partial charge in [0.1, 0.15) is 18.3 Å². The molecule has 0 unspecified atom stereocenters. The van der Waals surface area contributed by atoms with E-state index in [1.54, 1.807) is 7.05 Å². The van der Waals surface area contributed by atoms with Crippen molar-refractivity contribution in [1.82, 2.24) is 29.6 Å². The average molecular weight is 444 g/mol. The number of hydrogen-bond donors (Lipinski definition) is 2. The molecular formula is C18H17N7O3S2. The highest BCUT2D eigenvalue weighted by molar-refractivity contribution is 7.17. The molecule has 0 aliphatic heterocycles. The van der Waals surface area contributed by atoms with E-state index in [-0.39, 0.29) is 23.9 Å². The molecule has 0 aromatic carbocycles. The lowest BCUT2D eigenvalue weighted by Crippen LogP contribution is -2.27. The van der Waals surface area contributed by atoms with E-state index < -0.39 is 0 Å². The molecule has 4 aromatic heterocycles. The summed E-state index contributed by atoms with van der Waals surface area (Å²) >= 11 is 2.82. The Morgan fingerprint density at radius 1 is 1.27 bits per heavy atom. The summed E-state index contributed by atoms with van der Waals surface area (Å²) in [5.74, 6) is -0.457. The van der Waals surface area contributed by atoms with Gasteiger partial charge in [0.2, 0.25) is 11.8 Å². The number of thiazole rings is 1. The first-order valence-corrected chi connectivity index (χ1v) is 10.6. The van der Waals surface area contributed by atoms with Crippen LogP contribution in [-0.4, -0.2) is 36.1 Å². The zero-order valence-corrected chi connectivity index (χ0v) is 17.7. The van der Waals surface area contributed by atoms with Crippen molar-refractivity contribution in [3.8, 4) is 10.6 Å². The van der Waals surface area contributed by atoms with Crippen LogP contribution in [0.25, 0.3) is 21.6 Å². The molecule has 0 saturated heterocycles. The second kappa shape index (κ2) is 8.16. The number of carbonyl (C=O) groups is 2. The lowest BCUT2D eigenvalue weighted by molar-refractivity contribution is -0.119. The van der Waals surface area contributed by atoms with Crippen molar-refractivity contribution in [1.29, 1.82) is 0 Å². The van der Waals surface area contributed by atoms with E-state index >= 15 is 0 Å². The van der Waals surface area contributed by atoms with E-state index in [0.717, 1.165) is 15.4 Å². The highest BCUT2D eigenvalue weighted by Gasteiger charge is 2.13. The number of carbonyl (C=O) groups excluding carboxylic acids is 2. The zero-order valence-electron chi connectivity index (χ0n) is 16.1. The second-order valence-electron chi connectivity index (χ2n) is 6.44. The van der Waals surface area contributed by atoms with Gasteiger partial charge in [-0.05, 0) is 12.1 Å². The van der Waals surface area contributed by atoms with Crippen LogP contribution in [0, 0.1) is 0 Å². The van der Waals surface area contributed by atoms with Crippen LogP contribution in [0.1, 0.15) is 11.8 Å². The third-order valence-electron chi connectivity index (χ3n) is 4.21. The fourth-order valence-electron chi connectivity index (χ4n) is 2.76. The minimum Gasteiger partial charge on any atom is -0.351 e. The minimum atomic E-state index is -0.374. The number of amides is 2. The van der Waals surface area contributed by atoms with Gasteiger partial charge in [0.15, 0.2) is 10.8 Å². The quantitative estimate of drug-likeness (QED) is 0.466. The number of thiophene rings is 1. The van der Waals surface area contributed by atoms with Crippen LogP contribution in [-0.2, 0) is 29.7 Å². The van der Waals surface area contributed by atoms with E-state index in [0.29, 0.717) is 22.7 Å². The van der Waals surface area contributed by atoms with Gasteiger partial charge in [-0.15, -0.1) is 22.7 Å². The van der Waals surface area contributed by atoms with E-state index in [1.807, 2.05) is 17.5 Å². The molecule has 30 heavy (non-hydrogen) atoms. The minimum absolute atomic E-state index is 0.0828. The number of fused-ring (bicyclic) bond motifs is 1. The first kappa shape index (κ1) is 19.9. The molecule has 154 valence electrons. The van der Waals surface area contributed by atoms with Gasteiger partial charge in [-0.1, -0.05) is 0 Å². The van der Waals surface area contributed by atoms with Crippen molar-refractivity contribution in [3.05, 3.63) is 45.3 Å². The predicted octanol–water partition coefficient (Wildman–Crippen LogP) is 1.59. The molecule has 4 aromatic rings. The van der Waals surface area contributed by atoms with Gasteiger partial charge in [-0.25, -0.2) is 9.97 Å². The van der Waals surface area contributed by atoms with Crippen LogP contribution >= 0.6 is 22.7 Å². The van der Waals surface area contributed by atoms with Crippen LogP contribution in [0.4, 0.5) is 5.13 Å². The van der Waals surface area contributed by atoms with Gasteiger partial charge in [-0.2, -0.15) is 5.10 Å². The molecule has 0 aliphatic carbocycles. The normalized spacial score (nSPS) is 11.0. The van der Waals surface area contributed by atoms with Gasteiger partial charge >= 0.3 is 0 Å². The number of nitrogens with one attached hydrogen (secondary N) is 2. The largest absolute Gasteiger partial charge is 0.351 e. The van der Waals surface area contributed by atoms with Gasteiger partial charge in [0.05, 0.1) is 23.3 Å². The Balaban J connectivity index is 1.43. The highest BCUT2D eigenvalue weighted by atomic mass is 32.1. The summed E-state index contributed by atoms with van der Waals surface area (Å²) in [5, 5.41) is 12.1. The van der Waals surface area contributed by atoms with Gasteiger partial charge in [-0.3, -0.25) is 23.6 Å². The van der Waals surface area contributed by atoms with Crippen LogP contribution in [0.3, 0.4) is 0 Å². The maximum Gasteiger partial charge on any atom is 0.264 e. The molecule has 0 atom stereocenters. The zero-order chi connectivity index (χ0) is 21.3. The number of aryl methyl sites for hydroxylation is 1. The summed E-state index contributed by atoms with van der Waals surface area (Å²) < 4.78 is 2.74. The lowest BCUT2D eigenvalue weighted by atomic mass is 10.3. The molecule has 4 rings (SSSR count). The van der Waals surface area contributed by atoms with Crippen molar-refractivity contribution in [2.45, 2.75) is 20.0 Å². The summed E-state index contributed by atoms with van der Waals surface area (Å²) in [6, 6.07) is 3.86. The lowest BCUT2D eigenvalue weighted by Gasteiger charge is -2.05. The van der Waals surface area contributed by atoms with Crippen LogP contribution in [0.5, 0.6) is 0 Å². The second-order valence-corrected chi connectivity index (χ2v) is 8.47. The maximum absolute atomic E-state index is 12.5. The Morgan fingerprint density at radius 3 is 2.90 bits per heavy atom. The van der Waals surface area contributed by atoms with Crippen molar-refractivity contribution in [2.24, 2.45) is 7.05 Å². The fourth-order valence-corrected chi connectivity index (χ4v) is 4.47. The molecule has 0 bridgehead atoms. The number of anilines is 1. The number of aromatic nitrogens is 5. The van der Waals surface area contributed by atoms with Crippen LogP contribution in [0.2, 0.25) is 0 Å². The number of nitrogens with zero attached hydrogens (tertiary/aromatic N) is 5. The Bertz CT molecular complexity index is 1300. The fraction of sp³-hybridized carbons (Fsp3) is 0.222. The number of rotatable bonds is 6. The average Bonchev–Trinajstić information content (AvgIpc) is 3.43. The van der Waals surface area contributed by atoms with Gasteiger partial charge in [0.25, 0.3) is 5.56 Å². The van der Waals surface area contributed by atoms with E-state index in [4.69, 9.17) is 0 Å². The third-order valence-corrected chi connectivity index (χ3v) is 6.07. The molecule has 0 saturated carbocycles. The molecule has 0 fully saturated rings. The van der Waals surface area contributed by atoms with E-state index in [2.05, 4.69) is 25.7 Å². The summed E-state index contributed by atoms with van der Waals surface area (Å²) in [6.07, 6.45) is 2.77. The van der Waals surface area contributed by atoms with Crippen molar-refractivity contribution >= 4 is 50.7 Å². The number of hydrogen-bond acceptors (Lipinski definition) is 8. The molecule has 0 spiro atoms. The summed E-state index contributed by atoms with van der Waals surface area (Å²) in [4.78, 5) is 46.5. The monoisotopic (exact) mass is 443 g/mol. The maximum atomic E-state index is 12.5. The van der Waals surface area contributed by atoms with Crippen molar-refractivity contribution < 1.29 is 9.59 Å². The first-order chi connectivity index (χ1) is 14.4. The van der Waals surface area contributed by atoms with E-state index in [9.17, 15) is 14.4 Å². The third kappa shape index (κ3) is 4.14. The molecule has 12 heteroatoms. The van der Waals surface area contributed by atoms with E-state index in [1.165, 1.54) is 51.4 Å². The topological polar surface area (TPSA) is 124 Å². The smallest absolute Gasteiger partial charge is 0.264 e. The molecule has 10 nitrogen and oxygen atoms in total. The molecule has 0 aliphatic rings. The van der Waals surface area contributed by atoms with Crippen molar-refractivity contribution in [3.63, 3.8) is 0 Å². The Labute approximate surface area is 178 Å². The molecule has 0 radical (unpaired) electrons. The molecule has 4 heterocycles. The SMILES string of the molecule is CC(=O)NCc1ccc(-c2csc(NC(=O)Cn3cnc4c(cnn4C)c3=O)n2)s1. The van der Waals surface area contributed by atoms with Crippen molar-refractivity contribution in [2.75, 3.05) is 5.32 Å². The Hall–Kier alpha value is -3.38. The molecule has 2 amide bonds. The van der Waals surface area contributed by atoms with Crippen LogP contribution < -0.4 is 16.2 Å². The van der Waals surface area contributed by atoms with Crippen LogP contribution in [0.15, 0.2) is 34.8 Å². The first-order valence-electron chi connectivity index (χ1n) is 8.87. The van der Waals surface area contributed by atoms with Gasteiger partial charge in [0, 0.05) is 24.2 Å². The van der Waals surface area contributed by atoms with Gasteiger partial charge < -0.3 is 10.6 Å².